The number of nitrogens with one attached hydrogen (secondary N) is 2. The largest absolute Gasteiger partial charge is 0.373 e. The van der Waals surface area contributed by atoms with Crippen LogP contribution in [-0.4, -0.2) is 37.0 Å². The van der Waals surface area contributed by atoms with Gasteiger partial charge in [-0.2, -0.15) is 0 Å². The Balaban J connectivity index is 1.50. The number of amides is 1. The zero-order valence-electron chi connectivity index (χ0n) is 11.8. The van der Waals surface area contributed by atoms with Crippen LogP contribution >= 0.6 is 0 Å². The third-order valence-corrected chi connectivity index (χ3v) is 3.66. The molecule has 0 aromatic heterocycles. The minimum atomic E-state index is -0.544. The molecule has 0 aliphatic carbocycles. The highest BCUT2D eigenvalue weighted by Crippen LogP contribution is 2.25. The van der Waals surface area contributed by atoms with Crippen molar-refractivity contribution in [2.24, 2.45) is 0 Å². The van der Waals surface area contributed by atoms with Crippen LogP contribution in [0.1, 0.15) is 19.4 Å². The fourth-order valence-electron chi connectivity index (χ4n) is 2.66. The number of anilines is 1. The van der Waals surface area contributed by atoms with Gasteiger partial charge in [0.05, 0.1) is 6.61 Å². The number of carbonyl (C=O) groups excluding carboxylic acids is 1. The molecule has 0 radical (unpaired) electrons. The molecule has 1 aromatic rings. The molecule has 3 rings (SSSR count). The number of hydrogen-bond acceptors (Lipinski definition) is 4. The summed E-state index contributed by atoms with van der Waals surface area (Å²) < 4.78 is 11.1. The Morgan fingerprint density at radius 1 is 1.45 bits per heavy atom. The molecule has 2 heterocycles. The van der Waals surface area contributed by atoms with Crippen LogP contribution in [0.25, 0.3) is 0 Å². The molecule has 108 valence electrons. The molecule has 0 spiro atoms. The molecule has 2 aliphatic rings. The molecule has 0 bridgehead atoms. The van der Waals surface area contributed by atoms with Gasteiger partial charge in [-0.15, -0.1) is 0 Å². The zero-order valence-corrected chi connectivity index (χ0v) is 11.8. The average molecular weight is 276 g/mol. The number of carbonyl (C=O) groups is 1. The van der Waals surface area contributed by atoms with E-state index in [0.29, 0.717) is 13.2 Å². The smallest absolute Gasteiger partial charge is 0.242 e. The normalized spacial score (nSPS) is 26.9. The van der Waals surface area contributed by atoms with E-state index >= 15 is 0 Å². The van der Waals surface area contributed by atoms with Gasteiger partial charge in [0.25, 0.3) is 0 Å². The summed E-state index contributed by atoms with van der Waals surface area (Å²) in [6, 6.07) is 7.82. The Bertz CT molecular complexity index is 491. The number of fused-ring (bicyclic) bond motifs is 1. The van der Waals surface area contributed by atoms with Crippen LogP contribution in [0.15, 0.2) is 24.3 Å². The van der Waals surface area contributed by atoms with Gasteiger partial charge in [-0.1, -0.05) is 18.2 Å². The van der Waals surface area contributed by atoms with Gasteiger partial charge in [0.1, 0.15) is 12.1 Å². The molecule has 2 unspecified atom stereocenters. The molecule has 1 amide bonds. The molecule has 5 heteroatoms. The summed E-state index contributed by atoms with van der Waals surface area (Å²) in [6.45, 7) is 4.76. The van der Waals surface area contributed by atoms with Crippen molar-refractivity contribution in [3.63, 3.8) is 0 Å². The van der Waals surface area contributed by atoms with Crippen molar-refractivity contribution in [1.29, 1.82) is 0 Å². The van der Waals surface area contributed by atoms with Gasteiger partial charge in [-0.3, -0.25) is 4.79 Å². The van der Waals surface area contributed by atoms with Crippen molar-refractivity contribution in [2.75, 3.05) is 18.5 Å². The van der Waals surface area contributed by atoms with E-state index in [-0.39, 0.29) is 18.1 Å². The van der Waals surface area contributed by atoms with Crippen molar-refractivity contribution < 1.29 is 14.3 Å². The van der Waals surface area contributed by atoms with E-state index in [4.69, 9.17) is 9.47 Å². The van der Waals surface area contributed by atoms with E-state index in [2.05, 4.69) is 10.6 Å². The summed E-state index contributed by atoms with van der Waals surface area (Å²) in [5.41, 5.74) is 2.24. The van der Waals surface area contributed by atoms with Crippen LogP contribution in [-0.2, 0) is 20.7 Å². The van der Waals surface area contributed by atoms with Crippen molar-refractivity contribution in [1.82, 2.24) is 5.32 Å². The van der Waals surface area contributed by atoms with Crippen molar-refractivity contribution in [3.05, 3.63) is 29.8 Å². The van der Waals surface area contributed by atoms with Gasteiger partial charge in [-0.25, -0.2) is 0 Å². The number of hydrogen-bond donors (Lipinski definition) is 2. The Labute approximate surface area is 118 Å². The number of ether oxygens (including phenoxy) is 2. The molecule has 2 N–H and O–H groups in total. The van der Waals surface area contributed by atoms with E-state index in [1.807, 2.05) is 38.1 Å². The lowest BCUT2D eigenvalue weighted by atomic mass is 10.1. The van der Waals surface area contributed by atoms with Crippen LogP contribution in [0.2, 0.25) is 0 Å². The van der Waals surface area contributed by atoms with Crippen LogP contribution in [0.4, 0.5) is 5.69 Å². The monoisotopic (exact) mass is 276 g/mol. The minimum Gasteiger partial charge on any atom is -0.373 e. The second-order valence-electron chi connectivity index (χ2n) is 5.75. The van der Waals surface area contributed by atoms with E-state index in [9.17, 15) is 4.79 Å². The van der Waals surface area contributed by atoms with Gasteiger partial charge in [0.15, 0.2) is 5.79 Å². The van der Waals surface area contributed by atoms with E-state index in [0.717, 1.165) is 12.1 Å². The molecule has 1 fully saturated rings. The predicted molar refractivity (Wildman–Crippen MR) is 75.5 cm³/mol. The highest BCUT2D eigenvalue weighted by atomic mass is 16.7. The van der Waals surface area contributed by atoms with E-state index in [1.165, 1.54) is 5.56 Å². The van der Waals surface area contributed by atoms with Crippen LogP contribution in [0.5, 0.6) is 0 Å². The maximum Gasteiger partial charge on any atom is 0.242 e. The molecule has 20 heavy (non-hydrogen) atoms. The highest BCUT2D eigenvalue weighted by molar-refractivity contribution is 5.87. The number of benzene rings is 1. The van der Waals surface area contributed by atoms with E-state index < -0.39 is 5.79 Å². The van der Waals surface area contributed by atoms with Crippen LogP contribution < -0.4 is 10.6 Å². The summed E-state index contributed by atoms with van der Waals surface area (Å²) in [7, 11) is 0. The van der Waals surface area contributed by atoms with Gasteiger partial charge in [0.2, 0.25) is 5.91 Å². The fourth-order valence-corrected chi connectivity index (χ4v) is 2.66. The maximum atomic E-state index is 12.2. The summed E-state index contributed by atoms with van der Waals surface area (Å²) in [5.74, 6) is -0.536. The molecule has 1 saturated heterocycles. The molecule has 2 aliphatic heterocycles. The summed E-state index contributed by atoms with van der Waals surface area (Å²) in [6.07, 6.45) is 0.660. The predicted octanol–water partition coefficient (Wildman–Crippen LogP) is 1.29. The average Bonchev–Trinajstić information content (AvgIpc) is 2.99. The van der Waals surface area contributed by atoms with Gasteiger partial charge in [0, 0.05) is 18.7 Å². The van der Waals surface area contributed by atoms with Crippen LogP contribution in [0, 0.1) is 0 Å². The minimum absolute atomic E-state index is 0.00880. The lowest BCUT2D eigenvalue weighted by Crippen LogP contribution is -2.42. The topological polar surface area (TPSA) is 59.6 Å². The van der Waals surface area contributed by atoms with Crippen molar-refractivity contribution in [3.8, 4) is 0 Å². The first-order valence-corrected chi connectivity index (χ1v) is 6.97. The Morgan fingerprint density at radius 2 is 2.25 bits per heavy atom. The first kappa shape index (κ1) is 13.4. The molecule has 0 saturated carbocycles. The second kappa shape index (κ2) is 5.07. The third kappa shape index (κ3) is 2.78. The Kier molecular flexibility index (Phi) is 3.40. The number of para-hydroxylation sites is 1. The van der Waals surface area contributed by atoms with Crippen LogP contribution in [0.3, 0.4) is 0 Å². The fraction of sp³-hybridized carbons (Fsp3) is 0.533. The molecule has 5 nitrogen and oxygen atoms in total. The third-order valence-electron chi connectivity index (χ3n) is 3.66. The van der Waals surface area contributed by atoms with Crippen molar-refractivity contribution in [2.45, 2.75) is 38.2 Å². The second-order valence-corrected chi connectivity index (χ2v) is 5.75. The van der Waals surface area contributed by atoms with E-state index in [1.54, 1.807) is 0 Å². The first-order chi connectivity index (χ1) is 9.53. The number of rotatable bonds is 3. The standard InChI is InChI=1S/C15H20N2O3/c1-15(2)19-9-11(20-15)8-16-14(18)13-7-10-5-3-4-6-12(10)17-13/h3-6,11,13,17H,7-9H2,1-2H3,(H,16,18). The molecule has 2 atom stereocenters. The highest BCUT2D eigenvalue weighted by Gasteiger charge is 2.33. The van der Waals surface area contributed by atoms with Gasteiger partial charge < -0.3 is 20.1 Å². The zero-order chi connectivity index (χ0) is 14.2. The molecular weight excluding hydrogens is 256 g/mol. The Hall–Kier alpha value is -1.59. The van der Waals surface area contributed by atoms with Gasteiger partial charge in [-0.05, 0) is 25.5 Å². The summed E-state index contributed by atoms with van der Waals surface area (Å²) >= 11 is 0. The lowest BCUT2D eigenvalue weighted by Gasteiger charge is -2.18. The maximum absolute atomic E-state index is 12.2. The molecule has 1 aromatic carbocycles. The summed E-state index contributed by atoms with van der Waals surface area (Å²) in [4.78, 5) is 12.2. The van der Waals surface area contributed by atoms with Gasteiger partial charge >= 0.3 is 0 Å². The van der Waals surface area contributed by atoms with Crippen molar-refractivity contribution >= 4 is 11.6 Å². The lowest BCUT2D eigenvalue weighted by molar-refractivity contribution is -0.139. The SMILES string of the molecule is CC1(C)OCC(CNC(=O)C2Cc3ccccc3N2)O1. The molecular formula is C15H20N2O3. The quantitative estimate of drug-likeness (QED) is 0.873. The summed E-state index contributed by atoms with van der Waals surface area (Å²) in [5, 5.41) is 6.17. The Morgan fingerprint density at radius 3 is 2.95 bits per heavy atom. The first-order valence-electron chi connectivity index (χ1n) is 6.97.